The Morgan fingerprint density at radius 1 is 1.55 bits per heavy atom. The number of carbonyl (C=O) groups excluding carboxylic acids is 1. The van der Waals surface area contributed by atoms with Gasteiger partial charge in [-0.3, -0.25) is 9.69 Å². The summed E-state index contributed by atoms with van der Waals surface area (Å²) in [6.45, 7) is 3.20. The topological polar surface area (TPSA) is 83.3 Å². The van der Waals surface area contributed by atoms with Crippen molar-refractivity contribution in [1.82, 2.24) is 20.5 Å². The van der Waals surface area contributed by atoms with Crippen molar-refractivity contribution >= 4 is 11.7 Å². The molecule has 2 aliphatic rings. The second-order valence-electron chi connectivity index (χ2n) is 5.57. The summed E-state index contributed by atoms with van der Waals surface area (Å²) in [4.78, 5) is 18.4. The molecule has 0 bridgehead atoms. The smallest absolute Gasteiger partial charge is 0.238 e. The number of piperazine rings is 1. The third-order valence-corrected chi connectivity index (χ3v) is 3.82. The molecule has 1 saturated heterocycles. The Morgan fingerprint density at radius 2 is 2.40 bits per heavy atom. The highest BCUT2D eigenvalue weighted by Crippen LogP contribution is 2.19. The van der Waals surface area contributed by atoms with Crippen molar-refractivity contribution < 1.29 is 4.79 Å². The number of carbonyl (C=O) groups is 1. The lowest BCUT2D eigenvalue weighted by Gasteiger charge is -2.33. The van der Waals surface area contributed by atoms with Crippen LogP contribution in [0.1, 0.15) is 18.4 Å². The molecule has 0 aromatic carbocycles. The van der Waals surface area contributed by atoms with Crippen molar-refractivity contribution in [2.24, 2.45) is 0 Å². The second kappa shape index (κ2) is 5.76. The van der Waals surface area contributed by atoms with E-state index in [1.165, 1.54) is 0 Å². The fourth-order valence-corrected chi connectivity index (χ4v) is 2.49. The molecule has 1 aromatic rings. The largest absolute Gasteiger partial charge is 0.383 e. The number of pyridine rings is 1. The minimum atomic E-state index is -0.123. The molecule has 1 atom stereocenters. The first-order chi connectivity index (χ1) is 9.72. The normalized spacial score (nSPS) is 23.5. The van der Waals surface area contributed by atoms with Crippen LogP contribution in [0.2, 0.25) is 0 Å². The predicted molar refractivity (Wildman–Crippen MR) is 76.9 cm³/mol. The first-order valence-corrected chi connectivity index (χ1v) is 7.18. The molecule has 6 nitrogen and oxygen atoms in total. The molecule has 1 saturated carbocycles. The third-order valence-electron chi connectivity index (χ3n) is 3.82. The highest BCUT2D eigenvalue weighted by Gasteiger charge is 2.30. The molecule has 0 spiro atoms. The predicted octanol–water partition coefficient (Wildman–Crippen LogP) is -0.284. The minimum Gasteiger partial charge on any atom is -0.383 e. The van der Waals surface area contributed by atoms with E-state index in [-0.39, 0.29) is 11.9 Å². The van der Waals surface area contributed by atoms with Gasteiger partial charge in [-0.05, 0) is 18.9 Å². The molecule has 1 aliphatic carbocycles. The van der Waals surface area contributed by atoms with Gasteiger partial charge in [0, 0.05) is 44.0 Å². The zero-order chi connectivity index (χ0) is 13.9. The van der Waals surface area contributed by atoms with Gasteiger partial charge in [-0.2, -0.15) is 0 Å². The molecule has 0 unspecified atom stereocenters. The molecule has 2 heterocycles. The van der Waals surface area contributed by atoms with Crippen LogP contribution in [0, 0.1) is 0 Å². The van der Waals surface area contributed by atoms with Gasteiger partial charge in [0.25, 0.3) is 0 Å². The molecule has 1 amide bonds. The summed E-state index contributed by atoms with van der Waals surface area (Å²) >= 11 is 0. The van der Waals surface area contributed by atoms with E-state index in [2.05, 4.69) is 20.5 Å². The van der Waals surface area contributed by atoms with Crippen LogP contribution < -0.4 is 16.4 Å². The van der Waals surface area contributed by atoms with Gasteiger partial charge in [0.1, 0.15) is 5.82 Å². The van der Waals surface area contributed by atoms with Crippen molar-refractivity contribution in [1.29, 1.82) is 0 Å². The Bertz CT molecular complexity index is 488. The fourth-order valence-electron chi connectivity index (χ4n) is 2.49. The molecule has 3 rings (SSSR count). The molecule has 4 N–H and O–H groups in total. The maximum Gasteiger partial charge on any atom is 0.238 e. The van der Waals surface area contributed by atoms with Gasteiger partial charge in [0.15, 0.2) is 0 Å². The highest BCUT2D eigenvalue weighted by atomic mass is 16.2. The number of anilines is 1. The van der Waals surface area contributed by atoms with Crippen molar-refractivity contribution in [3.05, 3.63) is 23.9 Å². The zero-order valence-corrected chi connectivity index (χ0v) is 11.5. The Kier molecular flexibility index (Phi) is 3.84. The average molecular weight is 275 g/mol. The number of nitrogen functional groups attached to an aromatic ring is 1. The number of aromatic nitrogens is 1. The van der Waals surface area contributed by atoms with E-state index in [1.807, 2.05) is 12.1 Å². The summed E-state index contributed by atoms with van der Waals surface area (Å²) in [6, 6.07) is 4.17. The van der Waals surface area contributed by atoms with E-state index >= 15 is 0 Å². The molecule has 1 aromatic heterocycles. The number of hydrogen-bond acceptors (Lipinski definition) is 5. The first kappa shape index (κ1) is 13.3. The number of nitrogens with two attached hydrogens (primary N) is 1. The van der Waals surface area contributed by atoms with Gasteiger partial charge in [0.05, 0.1) is 6.04 Å². The summed E-state index contributed by atoms with van der Waals surface area (Å²) in [5.41, 5.74) is 6.90. The van der Waals surface area contributed by atoms with E-state index < -0.39 is 0 Å². The van der Waals surface area contributed by atoms with E-state index in [4.69, 9.17) is 5.73 Å². The average Bonchev–Trinajstić information content (AvgIpc) is 3.26. The third kappa shape index (κ3) is 3.26. The molecular weight excluding hydrogens is 254 g/mol. The Morgan fingerprint density at radius 3 is 3.15 bits per heavy atom. The van der Waals surface area contributed by atoms with Crippen LogP contribution in [0.15, 0.2) is 18.3 Å². The van der Waals surface area contributed by atoms with Crippen LogP contribution in [-0.4, -0.2) is 47.5 Å². The number of nitrogens with zero attached hydrogens (tertiary/aromatic N) is 2. The molecule has 108 valence electrons. The van der Waals surface area contributed by atoms with E-state index in [9.17, 15) is 4.79 Å². The van der Waals surface area contributed by atoms with Crippen molar-refractivity contribution in [2.45, 2.75) is 31.5 Å². The summed E-state index contributed by atoms with van der Waals surface area (Å²) in [5, 5.41) is 6.34. The zero-order valence-electron chi connectivity index (χ0n) is 11.5. The van der Waals surface area contributed by atoms with E-state index in [0.717, 1.165) is 38.0 Å². The lowest BCUT2D eigenvalue weighted by Crippen LogP contribution is -2.57. The lowest BCUT2D eigenvalue weighted by atomic mass is 10.1. The van der Waals surface area contributed by atoms with E-state index in [1.54, 1.807) is 6.20 Å². The molecule has 20 heavy (non-hydrogen) atoms. The maximum absolute atomic E-state index is 12.1. The Hall–Kier alpha value is -1.66. The monoisotopic (exact) mass is 275 g/mol. The van der Waals surface area contributed by atoms with E-state index in [0.29, 0.717) is 18.4 Å². The van der Waals surface area contributed by atoms with Crippen LogP contribution in [0.4, 0.5) is 5.82 Å². The number of amides is 1. The van der Waals surface area contributed by atoms with Crippen molar-refractivity contribution in [3.63, 3.8) is 0 Å². The van der Waals surface area contributed by atoms with Crippen LogP contribution in [0.25, 0.3) is 0 Å². The van der Waals surface area contributed by atoms with Crippen LogP contribution in [0.3, 0.4) is 0 Å². The molecule has 1 aliphatic heterocycles. The second-order valence-corrected chi connectivity index (χ2v) is 5.57. The molecule has 6 heteroatoms. The van der Waals surface area contributed by atoms with Gasteiger partial charge >= 0.3 is 0 Å². The maximum atomic E-state index is 12.1. The van der Waals surface area contributed by atoms with Gasteiger partial charge in [0.2, 0.25) is 5.91 Å². The van der Waals surface area contributed by atoms with Crippen molar-refractivity contribution in [3.8, 4) is 0 Å². The first-order valence-electron chi connectivity index (χ1n) is 7.18. The van der Waals surface area contributed by atoms with Crippen LogP contribution in [-0.2, 0) is 11.3 Å². The molecule has 2 fully saturated rings. The molecular formula is C14H21N5O. The fraction of sp³-hybridized carbons (Fsp3) is 0.571. The minimum absolute atomic E-state index is 0.122. The van der Waals surface area contributed by atoms with Crippen LogP contribution in [0.5, 0.6) is 0 Å². The quantitative estimate of drug-likeness (QED) is 0.704. The van der Waals surface area contributed by atoms with Crippen molar-refractivity contribution in [2.75, 3.05) is 25.4 Å². The van der Waals surface area contributed by atoms with Gasteiger partial charge in [-0.25, -0.2) is 4.98 Å². The van der Waals surface area contributed by atoms with Gasteiger partial charge in [-0.15, -0.1) is 0 Å². The Labute approximate surface area is 118 Å². The summed E-state index contributed by atoms with van der Waals surface area (Å²) in [5.74, 6) is 0.696. The SMILES string of the molecule is Nc1ncccc1CN1CCN[C@@H](C(=O)NC2CC2)C1. The van der Waals surface area contributed by atoms with Gasteiger partial charge < -0.3 is 16.4 Å². The summed E-state index contributed by atoms with van der Waals surface area (Å²) < 4.78 is 0. The van der Waals surface area contributed by atoms with Gasteiger partial charge in [-0.1, -0.05) is 6.07 Å². The number of rotatable bonds is 4. The Balaban J connectivity index is 1.57. The highest BCUT2D eigenvalue weighted by molar-refractivity contribution is 5.82. The van der Waals surface area contributed by atoms with Crippen LogP contribution >= 0.6 is 0 Å². The molecule has 0 radical (unpaired) electrons. The lowest BCUT2D eigenvalue weighted by molar-refractivity contribution is -0.124. The summed E-state index contributed by atoms with van der Waals surface area (Å²) in [6.07, 6.45) is 3.94. The number of hydrogen-bond donors (Lipinski definition) is 3. The summed E-state index contributed by atoms with van der Waals surface area (Å²) in [7, 11) is 0. The standard InChI is InChI=1S/C14H21N5O/c15-13-10(2-1-5-17-13)8-19-7-6-16-12(9-19)14(20)18-11-3-4-11/h1-2,5,11-12,16H,3-4,6-9H2,(H2,15,17)(H,18,20)/t12-/m1/s1. The number of nitrogens with one attached hydrogen (secondary N) is 2.